The molecular weight excluding hydrogens is 200 g/mol. The van der Waals surface area contributed by atoms with Crippen LogP contribution in [0.2, 0.25) is 0 Å². The highest BCUT2D eigenvalue weighted by molar-refractivity contribution is 5.90. The highest BCUT2D eigenvalue weighted by Gasteiger charge is 2.27. The number of hydrogen-bond donors (Lipinski definition) is 3. The van der Waals surface area contributed by atoms with Gasteiger partial charge in [0.1, 0.15) is 6.04 Å². The summed E-state index contributed by atoms with van der Waals surface area (Å²) in [5.74, 6) is -0.661. The number of nitrogens with zero attached hydrogens (tertiary/aromatic N) is 1. The number of carbonyl (C=O) groups is 2. The Morgan fingerprint density at radius 1 is 1.53 bits per heavy atom. The van der Waals surface area contributed by atoms with Crippen LogP contribution in [0.3, 0.4) is 0 Å². The van der Waals surface area contributed by atoms with Gasteiger partial charge in [0, 0.05) is 6.54 Å². The summed E-state index contributed by atoms with van der Waals surface area (Å²) >= 11 is 0. The van der Waals surface area contributed by atoms with E-state index in [9.17, 15) is 9.59 Å². The predicted octanol–water partition coefficient (Wildman–Crippen LogP) is -1.92. The molecule has 0 aromatic heterocycles. The van der Waals surface area contributed by atoms with E-state index in [2.05, 4.69) is 15.0 Å². The van der Waals surface area contributed by atoms with Gasteiger partial charge < -0.3 is 21.5 Å². The van der Waals surface area contributed by atoms with Gasteiger partial charge in [0.25, 0.3) is 5.91 Å². The first kappa shape index (κ1) is 11.3. The van der Waals surface area contributed by atoms with Crippen molar-refractivity contribution in [2.24, 2.45) is 16.5 Å². The van der Waals surface area contributed by atoms with Gasteiger partial charge >= 0.3 is 5.97 Å². The molecule has 5 N–H and O–H groups in total. The van der Waals surface area contributed by atoms with Gasteiger partial charge in [0.15, 0.2) is 12.6 Å². The molecule has 0 saturated carbocycles. The predicted molar refractivity (Wildman–Crippen MR) is 52.8 cm³/mol. The second-order valence-corrected chi connectivity index (χ2v) is 3.18. The van der Waals surface area contributed by atoms with Gasteiger partial charge in [-0.15, -0.1) is 0 Å². The minimum absolute atomic E-state index is 0.0188. The lowest BCUT2D eigenvalue weighted by Crippen LogP contribution is -2.49. The number of aliphatic imine (C=N–C) groups is 1. The normalized spacial score (nSPS) is 20.4. The molecule has 0 aromatic carbocycles. The van der Waals surface area contributed by atoms with E-state index in [4.69, 9.17) is 11.5 Å². The maximum atomic E-state index is 11.1. The van der Waals surface area contributed by atoms with Gasteiger partial charge in [0.05, 0.1) is 0 Å². The lowest BCUT2D eigenvalue weighted by molar-refractivity contribution is -0.157. The minimum Gasteiger partial charge on any atom is -0.454 e. The number of ether oxygens (including phenoxy) is 1. The number of morpholine rings is 1. The number of carbonyl (C=O) groups excluding carboxylic acids is 2. The van der Waals surface area contributed by atoms with Crippen molar-refractivity contribution in [3.63, 3.8) is 0 Å². The van der Waals surface area contributed by atoms with Crippen LogP contribution in [0.25, 0.3) is 0 Å². The number of amides is 1. The van der Waals surface area contributed by atoms with Gasteiger partial charge in [-0.3, -0.25) is 9.79 Å². The van der Waals surface area contributed by atoms with E-state index >= 15 is 0 Å². The second-order valence-electron chi connectivity index (χ2n) is 3.18. The largest absolute Gasteiger partial charge is 0.454 e. The van der Waals surface area contributed by atoms with E-state index in [0.717, 1.165) is 0 Å². The zero-order valence-corrected chi connectivity index (χ0v) is 8.23. The molecule has 84 valence electrons. The Kier molecular flexibility index (Phi) is 3.90. The number of rotatable bonds is 4. The Hall–Kier alpha value is -1.79. The third kappa shape index (κ3) is 3.84. The molecule has 7 nitrogen and oxygen atoms in total. The molecule has 1 rings (SSSR count). The molecular formula is C8H14N4O3. The van der Waals surface area contributed by atoms with Crippen LogP contribution >= 0.6 is 0 Å². The Morgan fingerprint density at radius 2 is 2.27 bits per heavy atom. The van der Waals surface area contributed by atoms with Crippen LogP contribution in [0.1, 0.15) is 12.8 Å². The molecule has 0 aromatic rings. The summed E-state index contributed by atoms with van der Waals surface area (Å²) in [6.45, 7) is 0.241. The van der Waals surface area contributed by atoms with Crippen LogP contribution in [0, 0.1) is 0 Å². The van der Waals surface area contributed by atoms with Crippen molar-refractivity contribution < 1.29 is 14.3 Å². The van der Waals surface area contributed by atoms with Gasteiger partial charge in [0.2, 0.25) is 0 Å². The number of esters is 1. The number of cyclic esters (lactones) is 1. The summed E-state index contributed by atoms with van der Waals surface area (Å²) in [4.78, 5) is 25.8. The molecule has 1 amide bonds. The van der Waals surface area contributed by atoms with Gasteiger partial charge in [-0.1, -0.05) is 0 Å². The fourth-order valence-corrected chi connectivity index (χ4v) is 1.23. The lowest BCUT2D eigenvalue weighted by Gasteiger charge is -2.21. The second kappa shape index (κ2) is 5.18. The third-order valence-corrected chi connectivity index (χ3v) is 1.91. The molecule has 0 spiro atoms. The SMILES string of the molecule is NC(N)=NCCCC1NC(=O)COC1=O. The average molecular weight is 214 g/mol. The maximum Gasteiger partial charge on any atom is 0.329 e. The summed E-state index contributed by atoms with van der Waals surface area (Å²) in [7, 11) is 0. The van der Waals surface area contributed by atoms with Crippen molar-refractivity contribution in [2.45, 2.75) is 18.9 Å². The minimum atomic E-state index is -0.569. The maximum absolute atomic E-state index is 11.1. The van der Waals surface area contributed by atoms with Crippen molar-refractivity contribution >= 4 is 17.8 Å². The van der Waals surface area contributed by atoms with Gasteiger partial charge in [-0.05, 0) is 12.8 Å². The molecule has 1 atom stereocenters. The van der Waals surface area contributed by atoms with Crippen molar-refractivity contribution in [2.75, 3.05) is 13.2 Å². The Labute approximate surface area is 86.8 Å². The van der Waals surface area contributed by atoms with E-state index in [1.165, 1.54) is 0 Å². The van der Waals surface area contributed by atoms with Crippen LogP contribution < -0.4 is 16.8 Å². The van der Waals surface area contributed by atoms with Gasteiger partial charge in [-0.25, -0.2) is 4.79 Å². The molecule has 15 heavy (non-hydrogen) atoms. The molecule has 1 aliphatic heterocycles. The Balaban J connectivity index is 2.27. The quantitative estimate of drug-likeness (QED) is 0.218. The fourth-order valence-electron chi connectivity index (χ4n) is 1.23. The smallest absolute Gasteiger partial charge is 0.329 e. The highest BCUT2D eigenvalue weighted by Crippen LogP contribution is 2.04. The van der Waals surface area contributed by atoms with E-state index in [0.29, 0.717) is 19.4 Å². The average Bonchev–Trinajstić information content (AvgIpc) is 2.17. The monoisotopic (exact) mass is 214 g/mol. The highest BCUT2D eigenvalue weighted by atomic mass is 16.5. The van der Waals surface area contributed by atoms with Crippen molar-refractivity contribution in [3.05, 3.63) is 0 Å². The first-order valence-electron chi connectivity index (χ1n) is 4.61. The van der Waals surface area contributed by atoms with Crippen LogP contribution in [-0.2, 0) is 14.3 Å². The molecule has 7 heteroatoms. The number of hydrogen-bond acceptors (Lipinski definition) is 4. The van der Waals surface area contributed by atoms with Crippen LogP contribution in [0.15, 0.2) is 4.99 Å². The molecule has 1 unspecified atom stereocenters. The van der Waals surface area contributed by atoms with E-state index in [1.54, 1.807) is 0 Å². The van der Waals surface area contributed by atoms with Crippen molar-refractivity contribution in [3.8, 4) is 0 Å². The summed E-state index contributed by atoms with van der Waals surface area (Å²) < 4.78 is 4.64. The van der Waals surface area contributed by atoms with Crippen LogP contribution in [-0.4, -0.2) is 37.0 Å². The molecule has 0 aliphatic carbocycles. The first-order chi connectivity index (χ1) is 7.09. The number of nitrogens with two attached hydrogens (primary N) is 2. The Bertz CT molecular complexity index is 286. The zero-order chi connectivity index (χ0) is 11.3. The summed E-state index contributed by atoms with van der Waals surface area (Å²) in [5.41, 5.74) is 10.3. The molecule has 1 aliphatic rings. The van der Waals surface area contributed by atoms with Crippen molar-refractivity contribution in [1.29, 1.82) is 0 Å². The molecule has 1 heterocycles. The summed E-state index contributed by atoms with van der Waals surface area (Å²) in [6, 6.07) is -0.569. The van der Waals surface area contributed by atoms with E-state index in [1.807, 2.05) is 0 Å². The van der Waals surface area contributed by atoms with E-state index in [-0.39, 0.29) is 18.5 Å². The number of guanidine groups is 1. The third-order valence-electron chi connectivity index (χ3n) is 1.91. The van der Waals surface area contributed by atoms with Crippen LogP contribution in [0.5, 0.6) is 0 Å². The standard InChI is InChI=1S/C8H14N4O3/c9-8(10)11-3-1-2-5-7(14)15-4-6(13)12-5/h5H,1-4H2,(H,12,13)(H4,9,10,11). The number of nitrogens with one attached hydrogen (secondary N) is 1. The van der Waals surface area contributed by atoms with Crippen molar-refractivity contribution in [1.82, 2.24) is 5.32 Å². The molecule has 0 radical (unpaired) electrons. The summed E-state index contributed by atoms with van der Waals surface area (Å²) in [5, 5.41) is 2.53. The van der Waals surface area contributed by atoms with Gasteiger partial charge in [-0.2, -0.15) is 0 Å². The summed E-state index contributed by atoms with van der Waals surface area (Å²) in [6.07, 6.45) is 1.08. The molecule has 1 fully saturated rings. The molecule has 0 bridgehead atoms. The lowest BCUT2D eigenvalue weighted by atomic mass is 10.1. The first-order valence-corrected chi connectivity index (χ1v) is 4.61. The fraction of sp³-hybridized carbons (Fsp3) is 0.625. The van der Waals surface area contributed by atoms with Crippen LogP contribution in [0.4, 0.5) is 0 Å². The zero-order valence-electron chi connectivity index (χ0n) is 8.23. The topological polar surface area (TPSA) is 120 Å². The van der Waals surface area contributed by atoms with E-state index < -0.39 is 12.0 Å². The Morgan fingerprint density at radius 3 is 2.93 bits per heavy atom. The molecule has 1 saturated heterocycles.